The number of halogens is 1. The standard InChI is InChI=1S/C14H22N2OS.ClH/c1-11-3-4-13(18-11)9-14(17)16-7-5-12(6-8-16)10-15-2;/h3-4,12,15H,5-10H2,1-2H3;1H. The van der Waals surface area contributed by atoms with Crippen molar-refractivity contribution >= 4 is 29.7 Å². The zero-order valence-electron chi connectivity index (χ0n) is 11.6. The van der Waals surface area contributed by atoms with Crippen molar-refractivity contribution in [3.8, 4) is 0 Å². The number of amides is 1. The quantitative estimate of drug-likeness (QED) is 0.927. The van der Waals surface area contributed by atoms with E-state index in [9.17, 15) is 4.79 Å². The van der Waals surface area contributed by atoms with Gasteiger partial charge in [-0.3, -0.25) is 4.79 Å². The molecule has 2 rings (SSSR count). The van der Waals surface area contributed by atoms with Gasteiger partial charge < -0.3 is 10.2 Å². The predicted octanol–water partition coefficient (Wildman–Crippen LogP) is 2.48. The van der Waals surface area contributed by atoms with E-state index in [1.54, 1.807) is 11.3 Å². The van der Waals surface area contributed by atoms with Gasteiger partial charge in [0.15, 0.2) is 0 Å². The van der Waals surface area contributed by atoms with Crippen molar-refractivity contribution in [1.82, 2.24) is 10.2 Å². The average Bonchev–Trinajstić information content (AvgIpc) is 2.76. The maximum absolute atomic E-state index is 12.2. The fourth-order valence-corrected chi connectivity index (χ4v) is 3.40. The van der Waals surface area contributed by atoms with E-state index in [4.69, 9.17) is 0 Å². The third kappa shape index (κ3) is 4.79. The molecule has 1 aromatic heterocycles. The lowest BCUT2D eigenvalue weighted by molar-refractivity contribution is -0.131. The molecule has 2 heterocycles. The molecule has 3 nitrogen and oxygen atoms in total. The van der Waals surface area contributed by atoms with Gasteiger partial charge in [0, 0.05) is 22.8 Å². The van der Waals surface area contributed by atoms with Crippen LogP contribution in [0.2, 0.25) is 0 Å². The van der Waals surface area contributed by atoms with Gasteiger partial charge in [-0.05, 0) is 51.4 Å². The molecule has 0 spiro atoms. The molecule has 19 heavy (non-hydrogen) atoms. The molecule has 0 radical (unpaired) electrons. The minimum absolute atomic E-state index is 0. The molecule has 0 aromatic carbocycles. The first-order valence-electron chi connectivity index (χ1n) is 6.66. The summed E-state index contributed by atoms with van der Waals surface area (Å²) in [5, 5.41) is 3.22. The highest BCUT2D eigenvalue weighted by molar-refractivity contribution is 7.12. The number of rotatable bonds is 4. The van der Waals surface area contributed by atoms with Crippen LogP contribution in [0.4, 0.5) is 0 Å². The Labute approximate surface area is 125 Å². The number of hydrogen-bond acceptors (Lipinski definition) is 3. The van der Waals surface area contributed by atoms with Gasteiger partial charge in [0.25, 0.3) is 0 Å². The summed E-state index contributed by atoms with van der Waals surface area (Å²) >= 11 is 1.73. The highest BCUT2D eigenvalue weighted by Gasteiger charge is 2.22. The number of likely N-dealkylation sites (tertiary alicyclic amines) is 1. The van der Waals surface area contributed by atoms with Crippen molar-refractivity contribution in [2.24, 2.45) is 5.92 Å². The van der Waals surface area contributed by atoms with Gasteiger partial charge in [-0.25, -0.2) is 0 Å². The molecular weight excluding hydrogens is 280 g/mol. The summed E-state index contributed by atoms with van der Waals surface area (Å²) < 4.78 is 0. The molecule has 0 atom stereocenters. The lowest BCUT2D eigenvalue weighted by Crippen LogP contribution is -2.41. The van der Waals surface area contributed by atoms with Gasteiger partial charge >= 0.3 is 0 Å². The molecule has 108 valence electrons. The monoisotopic (exact) mass is 302 g/mol. The van der Waals surface area contributed by atoms with E-state index in [0.29, 0.717) is 12.3 Å². The SMILES string of the molecule is CNCC1CCN(C(=O)Cc2ccc(C)s2)CC1.Cl. The van der Waals surface area contributed by atoms with E-state index in [-0.39, 0.29) is 12.4 Å². The number of carbonyl (C=O) groups is 1. The van der Waals surface area contributed by atoms with E-state index < -0.39 is 0 Å². The molecule has 1 amide bonds. The van der Waals surface area contributed by atoms with Gasteiger partial charge in [0.05, 0.1) is 6.42 Å². The van der Waals surface area contributed by atoms with Gasteiger partial charge in [-0.2, -0.15) is 0 Å². The number of piperidine rings is 1. The molecule has 1 saturated heterocycles. The fourth-order valence-electron chi connectivity index (χ4n) is 2.52. The summed E-state index contributed by atoms with van der Waals surface area (Å²) in [5.41, 5.74) is 0. The Morgan fingerprint density at radius 2 is 2.11 bits per heavy atom. The molecule has 5 heteroatoms. The molecule has 0 saturated carbocycles. The van der Waals surface area contributed by atoms with E-state index in [1.807, 2.05) is 11.9 Å². The Morgan fingerprint density at radius 1 is 1.42 bits per heavy atom. The first kappa shape index (κ1) is 16.5. The summed E-state index contributed by atoms with van der Waals surface area (Å²) in [7, 11) is 2.00. The number of nitrogens with zero attached hydrogens (tertiary/aromatic N) is 1. The van der Waals surface area contributed by atoms with Gasteiger partial charge in [-0.15, -0.1) is 23.7 Å². The van der Waals surface area contributed by atoms with Crippen molar-refractivity contribution in [3.63, 3.8) is 0 Å². The summed E-state index contributed by atoms with van der Waals surface area (Å²) in [4.78, 5) is 16.7. The Balaban J connectivity index is 0.00000180. The molecule has 0 aliphatic carbocycles. The number of carbonyl (C=O) groups excluding carboxylic acids is 1. The number of aryl methyl sites for hydroxylation is 1. The van der Waals surface area contributed by atoms with Crippen molar-refractivity contribution in [1.29, 1.82) is 0 Å². The van der Waals surface area contributed by atoms with Crippen molar-refractivity contribution in [2.45, 2.75) is 26.2 Å². The zero-order valence-corrected chi connectivity index (χ0v) is 13.3. The Hall–Kier alpha value is -0.580. The van der Waals surface area contributed by atoms with Crippen LogP contribution in [0.25, 0.3) is 0 Å². The topological polar surface area (TPSA) is 32.3 Å². The Kier molecular flexibility index (Phi) is 6.83. The van der Waals surface area contributed by atoms with Crippen LogP contribution in [-0.2, 0) is 11.2 Å². The average molecular weight is 303 g/mol. The minimum atomic E-state index is 0. The summed E-state index contributed by atoms with van der Waals surface area (Å²) in [6, 6.07) is 4.16. The van der Waals surface area contributed by atoms with E-state index in [0.717, 1.165) is 38.4 Å². The van der Waals surface area contributed by atoms with Crippen LogP contribution in [0.15, 0.2) is 12.1 Å². The summed E-state index contributed by atoms with van der Waals surface area (Å²) in [6.07, 6.45) is 2.85. The van der Waals surface area contributed by atoms with Crippen molar-refractivity contribution < 1.29 is 4.79 Å². The number of thiophene rings is 1. The maximum atomic E-state index is 12.2. The summed E-state index contributed by atoms with van der Waals surface area (Å²) in [5.74, 6) is 1.03. The van der Waals surface area contributed by atoms with Crippen LogP contribution >= 0.6 is 23.7 Å². The van der Waals surface area contributed by atoms with Gasteiger partial charge in [-0.1, -0.05) is 0 Å². The highest BCUT2D eigenvalue weighted by Crippen LogP contribution is 2.20. The molecule has 1 aliphatic rings. The highest BCUT2D eigenvalue weighted by atomic mass is 35.5. The van der Waals surface area contributed by atoms with E-state index >= 15 is 0 Å². The molecular formula is C14H23ClN2OS. The molecule has 0 unspecified atom stereocenters. The first-order chi connectivity index (χ1) is 8.69. The third-order valence-electron chi connectivity index (χ3n) is 3.58. The maximum Gasteiger partial charge on any atom is 0.227 e. The second kappa shape index (κ2) is 7.88. The number of nitrogens with one attached hydrogen (secondary N) is 1. The lowest BCUT2D eigenvalue weighted by atomic mass is 9.96. The first-order valence-corrected chi connectivity index (χ1v) is 7.48. The van der Waals surface area contributed by atoms with Crippen LogP contribution in [0.5, 0.6) is 0 Å². The summed E-state index contributed by atoms with van der Waals surface area (Å²) in [6.45, 7) is 5.01. The van der Waals surface area contributed by atoms with Crippen LogP contribution < -0.4 is 5.32 Å². The van der Waals surface area contributed by atoms with Gasteiger partial charge in [0.2, 0.25) is 5.91 Å². The molecule has 1 aliphatic heterocycles. The van der Waals surface area contributed by atoms with Crippen LogP contribution in [0.1, 0.15) is 22.6 Å². The molecule has 1 fully saturated rings. The van der Waals surface area contributed by atoms with E-state index in [1.165, 1.54) is 9.75 Å². The van der Waals surface area contributed by atoms with E-state index in [2.05, 4.69) is 24.4 Å². The predicted molar refractivity (Wildman–Crippen MR) is 83.2 cm³/mol. The van der Waals surface area contributed by atoms with Crippen LogP contribution in [0.3, 0.4) is 0 Å². The van der Waals surface area contributed by atoms with Crippen molar-refractivity contribution in [2.75, 3.05) is 26.7 Å². The molecule has 1 N–H and O–H groups in total. The van der Waals surface area contributed by atoms with Crippen LogP contribution in [0, 0.1) is 12.8 Å². The van der Waals surface area contributed by atoms with Crippen LogP contribution in [-0.4, -0.2) is 37.5 Å². The third-order valence-corrected chi connectivity index (χ3v) is 4.58. The fraction of sp³-hybridized carbons (Fsp3) is 0.643. The van der Waals surface area contributed by atoms with Gasteiger partial charge in [0.1, 0.15) is 0 Å². The smallest absolute Gasteiger partial charge is 0.227 e. The Bertz CT molecular complexity index is 400. The Morgan fingerprint density at radius 3 is 2.63 bits per heavy atom. The number of hydrogen-bond donors (Lipinski definition) is 1. The molecule has 0 bridgehead atoms. The second-order valence-electron chi connectivity index (χ2n) is 5.07. The lowest BCUT2D eigenvalue weighted by Gasteiger charge is -2.31. The minimum Gasteiger partial charge on any atom is -0.342 e. The van der Waals surface area contributed by atoms with Crippen molar-refractivity contribution in [3.05, 3.63) is 21.9 Å². The second-order valence-corrected chi connectivity index (χ2v) is 6.44. The largest absolute Gasteiger partial charge is 0.342 e. The normalized spacial score (nSPS) is 16.2. The zero-order chi connectivity index (χ0) is 13.0. The molecule has 1 aromatic rings.